The maximum atomic E-state index is 11.5. The van der Waals surface area contributed by atoms with Gasteiger partial charge >= 0.3 is 11.1 Å². The van der Waals surface area contributed by atoms with Crippen molar-refractivity contribution in [1.29, 1.82) is 0 Å². The van der Waals surface area contributed by atoms with Crippen molar-refractivity contribution in [3.8, 4) is 0 Å². The van der Waals surface area contributed by atoms with Gasteiger partial charge in [0.1, 0.15) is 0 Å². The molecule has 1 aliphatic carbocycles. The summed E-state index contributed by atoms with van der Waals surface area (Å²) in [4.78, 5) is 25.0. The summed E-state index contributed by atoms with van der Waals surface area (Å²) in [7, 11) is 0. The molecule has 0 unspecified atom stereocenters. The molecule has 1 aromatic rings. The van der Waals surface area contributed by atoms with Crippen LogP contribution in [0.3, 0.4) is 0 Å². The van der Waals surface area contributed by atoms with Gasteiger partial charge < -0.3 is 9.55 Å². The number of rotatable bonds is 1. The first kappa shape index (κ1) is 9.24. The summed E-state index contributed by atoms with van der Waals surface area (Å²) < 4.78 is 1.58. The first-order valence-corrected chi connectivity index (χ1v) is 5.09. The lowest BCUT2D eigenvalue weighted by Crippen LogP contribution is -2.37. The Morgan fingerprint density at radius 1 is 1.21 bits per heavy atom. The molecular weight excluding hydrogens is 180 g/mol. The maximum Gasteiger partial charge on any atom is 0.316 e. The van der Waals surface area contributed by atoms with Gasteiger partial charge in [0.15, 0.2) is 0 Å². The Morgan fingerprint density at radius 3 is 2.64 bits per heavy atom. The third-order valence-corrected chi connectivity index (χ3v) is 2.85. The van der Waals surface area contributed by atoms with Crippen LogP contribution >= 0.6 is 0 Å². The third-order valence-electron chi connectivity index (χ3n) is 2.85. The number of nitrogens with zero attached hydrogens (tertiary/aromatic N) is 1. The van der Waals surface area contributed by atoms with Gasteiger partial charge in [0.05, 0.1) is 0 Å². The van der Waals surface area contributed by atoms with Crippen LogP contribution in [0.15, 0.2) is 22.0 Å². The Kier molecular flexibility index (Phi) is 2.52. The van der Waals surface area contributed by atoms with Gasteiger partial charge in [-0.25, -0.2) is 0 Å². The van der Waals surface area contributed by atoms with Gasteiger partial charge in [0.2, 0.25) is 0 Å². The lowest BCUT2D eigenvalue weighted by molar-refractivity contribution is 0.344. The molecule has 1 aromatic heterocycles. The quantitative estimate of drug-likeness (QED) is 0.679. The van der Waals surface area contributed by atoms with E-state index in [1.807, 2.05) is 0 Å². The molecule has 0 radical (unpaired) electrons. The minimum atomic E-state index is -0.516. The van der Waals surface area contributed by atoms with Crippen molar-refractivity contribution in [3.05, 3.63) is 33.1 Å². The van der Waals surface area contributed by atoms with Crippen molar-refractivity contribution in [2.45, 2.75) is 38.1 Å². The summed E-state index contributed by atoms with van der Waals surface area (Å²) in [5, 5.41) is 0. The van der Waals surface area contributed by atoms with Crippen LogP contribution < -0.4 is 11.1 Å². The van der Waals surface area contributed by atoms with Crippen LogP contribution in [0, 0.1) is 0 Å². The largest absolute Gasteiger partial charge is 0.323 e. The number of hydrogen-bond donors (Lipinski definition) is 1. The van der Waals surface area contributed by atoms with E-state index in [0.29, 0.717) is 0 Å². The molecule has 0 bridgehead atoms. The summed E-state index contributed by atoms with van der Waals surface area (Å²) in [5.41, 5.74) is -0.933. The molecule has 2 rings (SSSR count). The van der Waals surface area contributed by atoms with Crippen molar-refractivity contribution < 1.29 is 0 Å². The second-order valence-electron chi connectivity index (χ2n) is 3.79. The SMILES string of the molecule is O=c1[nH]ccn(C2CCCCC2)c1=O. The van der Waals surface area contributed by atoms with Crippen molar-refractivity contribution in [3.63, 3.8) is 0 Å². The van der Waals surface area contributed by atoms with E-state index in [4.69, 9.17) is 0 Å². The minimum absolute atomic E-state index is 0.235. The molecule has 76 valence electrons. The predicted octanol–water partition coefficient (Wildman–Crippen LogP) is 1.04. The summed E-state index contributed by atoms with van der Waals surface area (Å²) in [6.07, 6.45) is 8.81. The smallest absolute Gasteiger partial charge is 0.316 e. The number of H-pyrrole nitrogens is 1. The van der Waals surface area contributed by atoms with E-state index in [2.05, 4.69) is 4.98 Å². The second kappa shape index (κ2) is 3.82. The molecule has 0 aliphatic heterocycles. The highest BCUT2D eigenvalue weighted by atomic mass is 16.2. The summed E-state index contributed by atoms with van der Waals surface area (Å²) in [6, 6.07) is 0.235. The number of aromatic amines is 1. The molecule has 0 spiro atoms. The molecular formula is C10H14N2O2. The molecule has 1 heterocycles. The highest BCUT2D eigenvalue weighted by Gasteiger charge is 2.16. The van der Waals surface area contributed by atoms with Crippen LogP contribution in [0.25, 0.3) is 0 Å². The monoisotopic (exact) mass is 194 g/mol. The summed E-state index contributed by atoms with van der Waals surface area (Å²) >= 11 is 0. The van der Waals surface area contributed by atoms with Crippen molar-refractivity contribution in [2.24, 2.45) is 0 Å². The minimum Gasteiger partial charge on any atom is -0.323 e. The van der Waals surface area contributed by atoms with Gasteiger partial charge in [0, 0.05) is 18.4 Å². The van der Waals surface area contributed by atoms with E-state index in [-0.39, 0.29) is 6.04 Å². The van der Waals surface area contributed by atoms with Crippen LogP contribution in [0.1, 0.15) is 38.1 Å². The molecule has 0 aromatic carbocycles. The fourth-order valence-corrected chi connectivity index (χ4v) is 2.09. The first-order chi connectivity index (χ1) is 6.79. The molecule has 0 atom stereocenters. The van der Waals surface area contributed by atoms with Crippen LogP contribution in [-0.2, 0) is 0 Å². The maximum absolute atomic E-state index is 11.5. The highest BCUT2D eigenvalue weighted by molar-refractivity contribution is 4.86. The molecule has 0 amide bonds. The molecule has 4 heteroatoms. The Balaban J connectivity index is 2.35. The van der Waals surface area contributed by atoms with Gasteiger partial charge in [-0.3, -0.25) is 9.59 Å². The molecule has 0 saturated heterocycles. The molecule has 1 saturated carbocycles. The molecule has 1 N–H and O–H groups in total. The average Bonchev–Trinajstić information content (AvgIpc) is 2.23. The van der Waals surface area contributed by atoms with E-state index >= 15 is 0 Å². The van der Waals surface area contributed by atoms with E-state index in [9.17, 15) is 9.59 Å². The summed E-state index contributed by atoms with van der Waals surface area (Å²) in [6.45, 7) is 0. The second-order valence-corrected chi connectivity index (χ2v) is 3.79. The third kappa shape index (κ3) is 1.64. The molecule has 1 aliphatic rings. The van der Waals surface area contributed by atoms with Gasteiger partial charge in [-0.2, -0.15) is 0 Å². The standard InChI is InChI=1S/C10H14N2O2/c13-9-10(14)12(7-6-11-9)8-4-2-1-3-5-8/h6-8H,1-5H2,(H,11,13). The number of nitrogens with one attached hydrogen (secondary N) is 1. The van der Waals surface area contributed by atoms with Crippen LogP contribution in [0.5, 0.6) is 0 Å². The normalized spacial score (nSPS) is 18.3. The predicted molar refractivity (Wildman–Crippen MR) is 53.4 cm³/mol. The Morgan fingerprint density at radius 2 is 1.93 bits per heavy atom. The van der Waals surface area contributed by atoms with Gasteiger partial charge in [0.25, 0.3) is 0 Å². The van der Waals surface area contributed by atoms with E-state index < -0.39 is 11.1 Å². The van der Waals surface area contributed by atoms with Crippen molar-refractivity contribution in [2.75, 3.05) is 0 Å². The molecule has 1 fully saturated rings. The van der Waals surface area contributed by atoms with E-state index in [1.54, 1.807) is 17.0 Å². The van der Waals surface area contributed by atoms with Crippen LogP contribution in [0.2, 0.25) is 0 Å². The van der Waals surface area contributed by atoms with Crippen molar-refractivity contribution >= 4 is 0 Å². The van der Waals surface area contributed by atoms with Gasteiger partial charge in [-0.1, -0.05) is 19.3 Å². The Bertz CT molecular complexity index is 413. The topological polar surface area (TPSA) is 54.9 Å². The Hall–Kier alpha value is -1.32. The van der Waals surface area contributed by atoms with E-state index in [0.717, 1.165) is 25.7 Å². The molecule has 4 nitrogen and oxygen atoms in total. The van der Waals surface area contributed by atoms with Crippen LogP contribution in [0.4, 0.5) is 0 Å². The number of aromatic nitrogens is 2. The zero-order chi connectivity index (χ0) is 9.97. The fraction of sp³-hybridized carbons (Fsp3) is 0.600. The zero-order valence-electron chi connectivity index (χ0n) is 8.03. The number of hydrogen-bond acceptors (Lipinski definition) is 2. The first-order valence-electron chi connectivity index (χ1n) is 5.09. The lowest BCUT2D eigenvalue weighted by Gasteiger charge is -2.23. The van der Waals surface area contributed by atoms with Gasteiger partial charge in [-0.15, -0.1) is 0 Å². The lowest BCUT2D eigenvalue weighted by atomic mass is 9.95. The Labute approximate surface area is 81.6 Å². The molecule has 14 heavy (non-hydrogen) atoms. The van der Waals surface area contributed by atoms with Gasteiger partial charge in [-0.05, 0) is 12.8 Å². The van der Waals surface area contributed by atoms with Crippen LogP contribution in [-0.4, -0.2) is 9.55 Å². The van der Waals surface area contributed by atoms with Crippen molar-refractivity contribution in [1.82, 2.24) is 9.55 Å². The summed E-state index contributed by atoms with van der Waals surface area (Å²) in [5.74, 6) is 0. The van der Waals surface area contributed by atoms with E-state index in [1.165, 1.54) is 6.42 Å². The zero-order valence-corrected chi connectivity index (χ0v) is 8.03. The fourth-order valence-electron chi connectivity index (χ4n) is 2.09. The average molecular weight is 194 g/mol. The highest BCUT2D eigenvalue weighted by Crippen LogP contribution is 2.26.